The van der Waals surface area contributed by atoms with Crippen LogP contribution in [0, 0.1) is 17.1 Å². The van der Waals surface area contributed by atoms with Gasteiger partial charge in [-0.05, 0) is 19.3 Å². The molecule has 0 aliphatic rings. The van der Waals surface area contributed by atoms with Crippen LogP contribution in [0.4, 0.5) is 0 Å². The zero-order chi connectivity index (χ0) is 9.45. The Hall–Kier alpha value is -0.423. The van der Waals surface area contributed by atoms with Crippen LogP contribution < -0.4 is 0 Å². The van der Waals surface area contributed by atoms with E-state index in [1.807, 2.05) is 0 Å². The third kappa shape index (κ3) is 3.32. The van der Waals surface area contributed by atoms with Crippen LogP contribution >= 0.6 is 0 Å². The first-order valence-corrected chi connectivity index (χ1v) is 5.03. The Morgan fingerprint density at radius 3 is 2.00 bits per heavy atom. The van der Waals surface area contributed by atoms with E-state index in [-0.39, 0.29) is 0 Å². The molecule has 0 aromatic rings. The van der Waals surface area contributed by atoms with Gasteiger partial charge >= 0.3 is 0 Å². The van der Waals surface area contributed by atoms with E-state index in [9.17, 15) is 0 Å². The van der Waals surface area contributed by atoms with Crippen LogP contribution in [-0.2, 0) is 4.74 Å². The fourth-order valence-electron chi connectivity index (χ4n) is 1.28. The zero-order valence-electron chi connectivity index (χ0n) is 8.24. The summed E-state index contributed by atoms with van der Waals surface area (Å²) in [7, 11) is 3.04. The summed E-state index contributed by atoms with van der Waals surface area (Å²) in [5.74, 6) is 0. The summed E-state index contributed by atoms with van der Waals surface area (Å²) in [6, 6.07) is 0. The lowest BCUT2D eigenvalue weighted by Gasteiger charge is -2.28. The van der Waals surface area contributed by atoms with Crippen molar-refractivity contribution in [3.05, 3.63) is 0 Å². The van der Waals surface area contributed by atoms with Gasteiger partial charge in [0.15, 0.2) is 10.2 Å². The average Bonchev–Trinajstić information content (AvgIpc) is 2.14. The summed E-state index contributed by atoms with van der Waals surface area (Å²) >= 11 is 0. The molecular weight excluding hydrogens is 164 g/mol. The van der Waals surface area contributed by atoms with Crippen molar-refractivity contribution in [3.63, 3.8) is 0 Å². The molecule has 0 N–H and O–H groups in total. The summed E-state index contributed by atoms with van der Waals surface area (Å²) in [5.41, 5.74) is 2.88. The van der Waals surface area contributed by atoms with Crippen LogP contribution in [0.1, 0.15) is 40.0 Å². The van der Waals surface area contributed by atoms with Crippen LogP contribution in [0.25, 0.3) is 0 Å². The van der Waals surface area contributed by atoms with E-state index >= 15 is 0 Å². The van der Waals surface area contributed by atoms with Gasteiger partial charge in [0, 0.05) is 5.41 Å². The highest BCUT2D eigenvalue weighted by molar-refractivity contribution is 6.22. The molecule has 0 heterocycles. The molecule has 0 fully saturated rings. The second kappa shape index (κ2) is 6.13. The molecule has 0 aromatic carbocycles. The topological polar surface area (TPSA) is 9.23 Å². The summed E-state index contributed by atoms with van der Waals surface area (Å²) < 4.78 is 5.21. The number of ether oxygens (including phenoxy) is 1. The molecule has 0 bridgehead atoms. The van der Waals surface area contributed by atoms with E-state index in [2.05, 4.69) is 42.7 Å². The Balaban J connectivity index is 3.98. The summed E-state index contributed by atoms with van der Waals surface area (Å²) in [6.45, 7) is 7.36. The van der Waals surface area contributed by atoms with Crippen LogP contribution in [0.15, 0.2) is 0 Å². The minimum absolute atomic E-state index is 0.329. The van der Waals surface area contributed by atoms with Crippen molar-refractivity contribution in [2.75, 3.05) is 6.61 Å². The molecule has 0 rings (SSSR count). The van der Waals surface area contributed by atoms with Gasteiger partial charge in [-0.2, -0.15) is 0 Å². The lowest BCUT2D eigenvalue weighted by Crippen LogP contribution is -2.23. The third-order valence-electron chi connectivity index (χ3n) is 2.75. The standard InChI is InChI=1S/C10H17OSi/c1-4-10(5-2,6-3)9-11-7-8-12/h4-6,9H2,1-3H3. The van der Waals surface area contributed by atoms with Crippen LogP contribution in [0.5, 0.6) is 0 Å². The molecule has 67 valence electrons. The molecule has 3 radical (unpaired) electrons. The highest BCUT2D eigenvalue weighted by Gasteiger charge is 2.24. The molecular formula is C10H17OSi. The molecule has 1 nitrogen and oxygen atoms in total. The third-order valence-corrected chi connectivity index (χ3v) is 2.85. The van der Waals surface area contributed by atoms with Crippen molar-refractivity contribution in [3.8, 4) is 11.7 Å². The van der Waals surface area contributed by atoms with Gasteiger partial charge in [0.1, 0.15) is 12.7 Å². The van der Waals surface area contributed by atoms with Crippen molar-refractivity contribution in [1.82, 2.24) is 0 Å². The highest BCUT2D eigenvalue weighted by Crippen LogP contribution is 2.30. The first-order valence-electron chi connectivity index (χ1n) is 4.53. The molecule has 0 atom stereocenters. The molecule has 0 unspecified atom stereocenters. The molecule has 0 aliphatic carbocycles. The summed E-state index contributed by atoms with van der Waals surface area (Å²) in [5, 5.41) is 0. The monoisotopic (exact) mass is 181 g/mol. The van der Waals surface area contributed by atoms with Gasteiger partial charge < -0.3 is 4.74 Å². The van der Waals surface area contributed by atoms with E-state index in [1.165, 1.54) is 0 Å². The second-order valence-electron chi connectivity index (χ2n) is 3.08. The second-order valence-corrected chi connectivity index (χ2v) is 3.33. The van der Waals surface area contributed by atoms with Crippen LogP contribution in [0.2, 0.25) is 0 Å². The normalized spacial score (nSPS) is 10.3. The predicted octanol–water partition coefficient (Wildman–Crippen LogP) is 2.31. The van der Waals surface area contributed by atoms with E-state index in [4.69, 9.17) is 4.74 Å². The van der Waals surface area contributed by atoms with E-state index < -0.39 is 0 Å². The number of rotatable bonds is 5. The minimum atomic E-state index is 0.329. The lowest BCUT2D eigenvalue weighted by atomic mass is 9.81. The molecule has 0 amide bonds. The van der Waals surface area contributed by atoms with Gasteiger partial charge in [0.05, 0.1) is 0 Å². The fraction of sp³-hybridized carbons (Fsp3) is 0.800. The summed E-state index contributed by atoms with van der Waals surface area (Å²) in [4.78, 5) is 0. The Bertz CT molecular complexity index is 154. The van der Waals surface area contributed by atoms with Crippen molar-refractivity contribution < 1.29 is 4.74 Å². The van der Waals surface area contributed by atoms with Crippen molar-refractivity contribution >= 4 is 10.2 Å². The maximum atomic E-state index is 5.21. The van der Waals surface area contributed by atoms with Crippen molar-refractivity contribution in [2.24, 2.45) is 5.41 Å². The Labute approximate surface area is 79.3 Å². The number of hydrogen-bond acceptors (Lipinski definition) is 1. The molecule has 0 saturated carbocycles. The van der Waals surface area contributed by atoms with E-state index in [1.54, 1.807) is 0 Å². The molecule has 12 heavy (non-hydrogen) atoms. The van der Waals surface area contributed by atoms with Gasteiger partial charge in [-0.25, -0.2) is 0 Å². The Morgan fingerprint density at radius 2 is 1.67 bits per heavy atom. The fourth-order valence-corrected chi connectivity index (χ4v) is 1.35. The quantitative estimate of drug-likeness (QED) is 0.467. The SMILES string of the molecule is CCC(CC)(CC)COC#C[Si]. The zero-order valence-corrected chi connectivity index (χ0v) is 9.24. The minimum Gasteiger partial charge on any atom is -0.446 e. The maximum Gasteiger partial charge on any atom is 0.152 e. The molecule has 0 aliphatic heterocycles. The predicted molar refractivity (Wildman–Crippen MR) is 52.8 cm³/mol. The van der Waals surface area contributed by atoms with Crippen LogP contribution in [-0.4, -0.2) is 16.8 Å². The first-order chi connectivity index (χ1) is 5.74. The molecule has 0 saturated heterocycles. The van der Waals surface area contributed by atoms with Gasteiger partial charge in [-0.1, -0.05) is 26.3 Å². The molecule has 0 spiro atoms. The first kappa shape index (κ1) is 11.6. The Morgan fingerprint density at radius 1 is 1.17 bits per heavy atom. The van der Waals surface area contributed by atoms with E-state index in [0.717, 1.165) is 25.9 Å². The van der Waals surface area contributed by atoms with Gasteiger partial charge in [0.2, 0.25) is 0 Å². The maximum absolute atomic E-state index is 5.21. The van der Waals surface area contributed by atoms with Crippen LogP contribution in [0.3, 0.4) is 0 Å². The summed E-state index contributed by atoms with van der Waals surface area (Å²) in [6.07, 6.45) is 6.04. The van der Waals surface area contributed by atoms with Crippen molar-refractivity contribution in [2.45, 2.75) is 40.0 Å². The largest absolute Gasteiger partial charge is 0.446 e. The number of hydrogen-bond donors (Lipinski definition) is 0. The Kier molecular flexibility index (Phi) is 5.92. The smallest absolute Gasteiger partial charge is 0.152 e. The highest BCUT2D eigenvalue weighted by atomic mass is 28.1. The molecule has 2 heteroatoms. The van der Waals surface area contributed by atoms with Gasteiger partial charge in [0.25, 0.3) is 0 Å². The van der Waals surface area contributed by atoms with Gasteiger partial charge in [-0.3, -0.25) is 0 Å². The van der Waals surface area contributed by atoms with Gasteiger partial charge in [-0.15, -0.1) is 0 Å². The lowest BCUT2D eigenvalue weighted by molar-refractivity contribution is 0.107. The average molecular weight is 181 g/mol. The molecule has 0 aromatic heterocycles. The van der Waals surface area contributed by atoms with E-state index in [0.29, 0.717) is 5.41 Å². The van der Waals surface area contributed by atoms with Crippen molar-refractivity contribution in [1.29, 1.82) is 0 Å².